The molecule has 1 heterocycles. The summed E-state index contributed by atoms with van der Waals surface area (Å²) in [6, 6.07) is 8.52. The minimum Gasteiger partial charge on any atom is -0.497 e. The van der Waals surface area contributed by atoms with Gasteiger partial charge in [0.15, 0.2) is 5.79 Å². The summed E-state index contributed by atoms with van der Waals surface area (Å²) in [5.74, 6) is 1.60. The van der Waals surface area contributed by atoms with Gasteiger partial charge in [0.05, 0.1) is 33.5 Å². The minimum atomic E-state index is -0.551. The van der Waals surface area contributed by atoms with Crippen LogP contribution in [0, 0.1) is 35.0 Å². The molecule has 0 unspecified atom stereocenters. The van der Waals surface area contributed by atoms with Crippen LogP contribution >= 0.6 is 0 Å². The molecule has 1 aromatic carbocycles. The van der Waals surface area contributed by atoms with E-state index in [2.05, 4.69) is 30.4 Å². The second-order valence-electron chi connectivity index (χ2n) is 8.14. The summed E-state index contributed by atoms with van der Waals surface area (Å²) in [7, 11) is 3.33. The summed E-state index contributed by atoms with van der Waals surface area (Å²) < 4.78 is 23.5. The predicted octanol–water partition coefficient (Wildman–Crippen LogP) is 4.29. The van der Waals surface area contributed by atoms with Crippen LogP contribution in [0.2, 0.25) is 0 Å². The van der Waals surface area contributed by atoms with Crippen molar-refractivity contribution in [1.29, 1.82) is 5.26 Å². The molecule has 1 aliphatic heterocycles. The molecular weight excluding hydrogens is 354 g/mol. The molecular formula is C23H29NO4. The van der Waals surface area contributed by atoms with Crippen LogP contribution in [-0.4, -0.2) is 33.2 Å². The van der Waals surface area contributed by atoms with Crippen molar-refractivity contribution >= 4 is 0 Å². The van der Waals surface area contributed by atoms with E-state index in [-0.39, 0.29) is 23.7 Å². The number of hydrogen-bond donors (Lipinski definition) is 0. The quantitative estimate of drug-likeness (QED) is 0.726. The lowest BCUT2D eigenvalue weighted by Gasteiger charge is -2.51. The second-order valence-corrected chi connectivity index (χ2v) is 8.14. The van der Waals surface area contributed by atoms with E-state index in [0.717, 1.165) is 36.3 Å². The summed E-state index contributed by atoms with van der Waals surface area (Å²) in [6.45, 7) is 3.30. The summed E-state index contributed by atoms with van der Waals surface area (Å²) in [5, 5.41) is 9.87. The third kappa shape index (κ3) is 3.19. The molecule has 5 heteroatoms. The Kier molecular flexibility index (Phi) is 5.35. The zero-order valence-corrected chi connectivity index (χ0v) is 16.9. The van der Waals surface area contributed by atoms with Crippen molar-refractivity contribution in [3.63, 3.8) is 0 Å². The fourth-order valence-corrected chi connectivity index (χ4v) is 5.54. The third-order valence-electron chi connectivity index (χ3n) is 6.74. The van der Waals surface area contributed by atoms with Crippen molar-refractivity contribution in [3.8, 4) is 17.6 Å². The Balaban J connectivity index is 1.80. The number of nitriles is 1. The van der Waals surface area contributed by atoms with E-state index in [1.165, 1.54) is 0 Å². The molecule has 0 aromatic heterocycles. The maximum atomic E-state index is 9.87. The number of methoxy groups -OCH3 is 2. The first kappa shape index (κ1) is 19.3. The standard InChI is InChI=1S/C23H29NO4/c1-15(14-24)21-20(17-11-18(25-2)13-19(12-17)26-3)7-6-16-5-4-8-23(22(16)21)27-9-10-28-23/h6-7,11-13,15-16,20-22H,4-5,8-10H2,1-3H3/t15-,16+,20+,21-,22-/m0/s1. The Morgan fingerprint density at radius 3 is 2.39 bits per heavy atom. The van der Waals surface area contributed by atoms with Gasteiger partial charge in [-0.2, -0.15) is 5.26 Å². The van der Waals surface area contributed by atoms with E-state index in [9.17, 15) is 5.26 Å². The maximum absolute atomic E-state index is 9.87. The van der Waals surface area contributed by atoms with E-state index in [1.54, 1.807) is 14.2 Å². The lowest BCUT2D eigenvalue weighted by Crippen LogP contribution is -2.53. The van der Waals surface area contributed by atoms with Crippen molar-refractivity contribution in [2.24, 2.45) is 23.7 Å². The molecule has 0 amide bonds. The first-order valence-electron chi connectivity index (χ1n) is 10.2. The molecule has 2 aliphatic carbocycles. The zero-order chi connectivity index (χ0) is 19.7. The van der Waals surface area contributed by atoms with Gasteiger partial charge in [-0.25, -0.2) is 0 Å². The Morgan fingerprint density at radius 1 is 1.11 bits per heavy atom. The van der Waals surface area contributed by atoms with Gasteiger partial charge in [-0.15, -0.1) is 0 Å². The van der Waals surface area contributed by atoms with Crippen LogP contribution in [-0.2, 0) is 9.47 Å². The van der Waals surface area contributed by atoms with Crippen LogP contribution in [0.5, 0.6) is 11.5 Å². The average Bonchev–Trinajstić information content (AvgIpc) is 3.20. The highest BCUT2D eigenvalue weighted by Gasteiger charge is 2.56. The second kappa shape index (κ2) is 7.77. The molecule has 5 nitrogen and oxygen atoms in total. The molecule has 5 atom stereocenters. The van der Waals surface area contributed by atoms with Gasteiger partial charge in [0, 0.05) is 30.2 Å². The van der Waals surface area contributed by atoms with Gasteiger partial charge >= 0.3 is 0 Å². The minimum absolute atomic E-state index is 0.0858. The number of fused-ring (bicyclic) bond motifs is 2. The van der Waals surface area contributed by atoms with Gasteiger partial charge in [0.25, 0.3) is 0 Å². The van der Waals surface area contributed by atoms with Crippen LogP contribution in [0.4, 0.5) is 0 Å². The smallest absolute Gasteiger partial charge is 0.172 e. The molecule has 1 saturated heterocycles. The number of allylic oxidation sites excluding steroid dienone is 2. The van der Waals surface area contributed by atoms with E-state index in [1.807, 2.05) is 13.0 Å². The molecule has 1 saturated carbocycles. The summed E-state index contributed by atoms with van der Waals surface area (Å²) >= 11 is 0. The number of hydrogen-bond acceptors (Lipinski definition) is 5. The molecule has 1 spiro atoms. The van der Waals surface area contributed by atoms with Crippen molar-refractivity contribution in [2.75, 3.05) is 27.4 Å². The molecule has 28 heavy (non-hydrogen) atoms. The van der Waals surface area contributed by atoms with Gasteiger partial charge in [-0.3, -0.25) is 0 Å². The fourth-order valence-electron chi connectivity index (χ4n) is 5.54. The third-order valence-corrected chi connectivity index (χ3v) is 6.74. The molecule has 150 valence electrons. The monoisotopic (exact) mass is 383 g/mol. The summed E-state index contributed by atoms with van der Waals surface area (Å²) in [5.41, 5.74) is 1.11. The molecule has 3 aliphatic rings. The van der Waals surface area contributed by atoms with Gasteiger partial charge in [0.1, 0.15) is 11.5 Å². The Morgan fingerprint density at radius 2 is 1.79 bits per heavy atom. The van der Waals surface area contributed by atoms with E-state index >= 15 is 0 Å². The molecule has 2 fully saturated rings. The van der Waals surface area contributed by atoms with Crippen molar-refractivity contribution in [1.82, 2.24) is 0 Å². The fraction of sp³-hybridized carbons (Fsp3) is 0.609. The highest BCUT2D eigenvalue weighted by atomic mass is 16.7. The van der Waals surface area contributed by atoms with Crippen LogP contribution in [0.3, 0.4) is 0 Å². The Bertz CT molecular complexity index is 755. The van der Waals surface area contributed by atoms with Gasteiger partial charge in [0.2, 0.25) is 0 Å². The largest absolute Gasteiger partial charge is 0.497 e. The highest BCUT2D eigenvalue weighted by molar-refractivity contribution is 5.42. The van der Waals surface area contributed by atoms with Crippen LogP contribution in [0.1, 0.15) is 37.7 Å². The number of benzene rings is 1. The summed E-state index contributed by atoms with van der Waals surface area (Å²) in [6.07, 6.45) is 7.73. The van der Waals surface area contributed by atoms with E-state index in [0.29, 0.717) is 19.1 Å². The van der Waals surface area contributed by atoms with Gasteiger partial charge < -0.3 is 18.9 Å². The Hall–Kier alpha value is -2.03. The molecule has 0 radical (unpaired) electrons. The Labute approximate surface area is 167 Å². The summed E-state index contributed by atoms with van der Waals surface area (Å²) in [4.78, 5) is 0. The van der Waals surface area contributed by atoms with Gasteiger partial charge in [-0.05, 0) is 49.3 Å². The first-order chi connectivity index (χ1) is 13.6. The first-order valence-corrected chi connectivity index (χ1v) is 10.2. The lowest BCUT2D eigenvalue weighted by molar-refractivity contribution is -0.239. The SMILES string of the molecule is COc1cc(OC)cc([C@H]2C=C[C@H]3CCCC4(OCCO4)[C@@H]3[C@H]2[C@@H](C)C#N)c1. The average molecular weight is 383 g/mol. The van der Waals surface area contributed by atoms with E-state index in [4.69, 9.17) is 18.9 Å². The zero-order valence-electron chi connectivity index (χ0n) is 16.9. The van der Waals surface area contributed by atoms with Crippen molar-refractivity contribution in [3.05, 3.63) is 35.9 Å². The van der Waals surface area contributed by atoms with Crippen molar-refractivity contribution < 1.29 is 18.9 Å². The number of nitrogens with zero attached hydrogens (tertiary/aromatic N) is 1. The van der Waals surface area contributed by atoms with Gasteiger partial charge in [-0.1, -0.05) is 12.2 Å². The predicted molar refractivity (Wildman–Crippen MR) is 105 cm³/mol. The molecule has 1 aromatic rings. The topological polar surface area (TPSA) is 60.7 Å². The van der Waals surface area contributed by atoms with Crippen LogP contribution < -0.4 is 9.47 Å². The number of rotatable bonds is 4. The molecule has 0 N–H and O–H groups in total. The number of ether oxygens (including phenoxy) is 4. The van der Waals surface area contributed by atoms with Crippen molar-refractivity contribution in [2.45, 2.75) is 37.9 Å². The molecule has 0 bridgehead atoms. The maximum Gasteiger partial charge on any atom is 0.172 e. The van der Waals surface area contributed by atoms with Crippen LogP contribution in [0.15, 0.2) is 30.4 Å². The van der Waals surface area contributed by atoms with Crippen LogP contribution in [0.25, 0.3) is 0 Å². The van der Waals surface area contributed by atoms with E-state index < -0.39 is 5.79 Å². The lowest BCUT2D eigenvalue weighted by atomic mass is 9.58. The normalized spacial score (nSPS) is 31.8. The highest BCUT2D eigenvalue weighted by Crippen LogP contribution is 2.56. The molecule has 4 rings (SSSR count).